The first kappa shape index (κ1) is 15.8. The molecule has 0 atom stereocenters. The van der Waals surface area contributed by atoms with Crippen molar-refractivity contribution in [2.24, 2.45) is 0 Å². The van der Waals surface area contributed by atoms with Crippen LogP contribution in [0.3, 0.4) is 0 Å². The van der Waals surface area contributed by atoms with Gasteiger partial charge in [0.2, 0.25) is 12.2 Å². The third-order valence-corrected chi connectivity index (χ3v) is 2.61. The SMILES string of the molecule is COc1cc(NC(=O)Cn2cnc([N+](=O)[O-])n2)cc([N+](=O)[O-])c1. The monoisotopic (exact) mass is 322 g/mol. The van der Waals surface area contributed by atoms with E-state index in [4.69, 9.17) is 4.74 Å². The van der Waals surface area contributed by atoms with Gasteiger partial charge in [0, 0.05) is 17.2 Å². The summed E-state index contributed by atoms with van der Waals surface area (Å²) < 4.78 is 5.89. The average Bonchev–Trinajstić information content (AvgIpc) is 2.95. The van der Waals surface area contributed by atoms with E-state index >= 15 is 0 Å². The standard InChI is InChI=1S/C11H10N6O6/c1-23-9-3-7(2-8(4-9)16(19)20)13-10(18)5-15-6-12-11(14-15)17(21)22/h2-4,6H,5H2,1H3,(H,13,18). The number of benzene rings is 1. The zero-order valence-corrected chi connectivity index (χ0v) is 11.7. The number of carbonyl (C=O) groups excluding carboxylic acids is 1. The Labute approximate surface area is 128 Å². The number of ether oxygens (including phenoxy) is 1. The maximum absolute atomic E-state index is 11.9. The van der Waals surface area contributed by atoms with Gasteiger partial charge < -0.3 is 20.2 Å². The minimum atomic E-state index is -0.792. The molecule has 0 saturated carbocycles. The van der Waals surface area contributed by atoms with Gasteiger partial charge in [-0.1, -0.05) is 4.98 Å². The van der Waals surface area contributed by atoms with Gasteiger partial charge in [-0.15, -0.1) is 0 Å². The number of nitrogens with zero attached hydrogens (tertiary/aromatic N) is 5. The number of rotatable bonds is 6. The quantitative estimate of drug-likeness (QED) is 0.603. The Balaban J connectivity index is 2.11. The van der Waals surface area contributed by atoms with Gasteiger partial charge in [0.1, 0.15) is 12.3 Å². The molecule has 2 aromatic rings. The first-order valence-corrected chi connectivity index (χ1v) is 6.06. The van der Waals surface area contributed by atoms with Crippen molar-refractivity contribution in [3.8, 4) is 5.75 Å². The average molecular weight is 322 g/mol. The number of carbonyl (C=O) groups is 1. The molecule has 0 aliphatic carbocycles. The number of hydrogen-bond acceptors (Lipinski definition) is 8. The lowest BCUT2D eigenvalue weighted by molar-refractivity contribution is -0.394. The lowest BCUT2D eigenvalue weighted by Crippen LogP contribution is -2.19. The number of methoxy groups -OCH3 is 1. The normalized spacial score (nSPS) is 10.1. The van der Waals surface area contributed by atoms with Gasteiger partial charge in [-0.05, 0) is 4.92 Å². The van der Waals surface area contributed by atoms with Crippen molar-refractivity contribution in [2.75, 3.05) is 12.4 Å². The molecule has 0 saturated heterocycles. The second kappa shape index (κ2) is 6.46. The van der Waals surface area contributed by atoms with Gasteiger partial charge in [-0.2, -0.15) is 4.68 Å². The van der Waals surface area contributed by atoms with E-state index in [2.05, 4.69) is 15.4 Å². The molecule has 1 aromatic carbocycles. The molecule has 12 heteroatoms. The Hall–Kier alpha value is -3.57. The highest BCUT2D eigenvalue weighted by atomic mass is 16.6. The summed E-state index contributed by atoms with van der Waals surface area (Å²) in [6.07, 6.45) is 1.03. The summed E-state index contributed by atoms with van der Waals surface area (Å²) in [7, 11) is 1.33. The Morgan fingerprint density at radius 2 is 2.04 bits per heavy atom. The number of nitro groups is 2. The van der Waals surface area contributed by atoms with Crippen molar-refractivity contribution in [3.63, 3.8) is 0 Å². The molecule has 0 aliphatic heterocycles. The van der Waals surface area contributed by atoms with Crippen LogP contribution in [0.4, 0.5) is 17.3 Å². The maximum Gasteiger partial charge on any atom is 0.490 e. The van der Waals surface area contributed by atoms with Crippen LogP contribution >= 0.6 is 0 Å². The summed E-state index contributed by atoms with van der Waals surface area (Å²) in [4.78, 5) is 35.1. The second-order valence-electron chi connectivity index (χ2n) is 4.22. The molecule has 0 radical (unpaired) electrons. The predicted octanol–water partition coefficient (Wildman–Crippen LogP) is 0.742. The van der Waals surface area contributed by atoms with Gasteiger partial charge in [-0.3, -0.25) is 14.9 Å². The molecule has 0 aliphatic rings. The molecular formula is C11H10N6O6. The summed E-state index contributed by atoms with van der Waals surface area (Å²) >= 11 is 0. The molecule has 1 aromatic heterocycles. The molecule has 2 rings (SSSR count). The van der Waals surface area contributed by atoms with Crippen molar-refractivity contribution in [2.45, 2.75) is 6.54 Å². The second-order valence-corrected chi connectivity index (χ2v) is 4.22. The summed E-state index contributed by atoms with van der Waals surface area (Å²) in [5.41, 5.74) is -0.105. The molecule has 0 spiro atoms. The predicted molar refractivity (Wildman–Crippen MR) is 75.0 cm³/mol. The fourth-order valence-electron chi connectivity index (χ4n) is 1.67. The van der Waals surface area contributed by atoms with Crippen LogP contribution < -0.4 is 10.1 Å². The van der Waals surface area contributed by atoms with Crippen molar-refractivity contribution in [1.29, 1.82) is 0 Å². The number of amides is 1. The Morgan fingerprint density at radius 3 is 2.61 bits per heavy atom. The van der Waals surface area contributed by atoms with Crippen LogP contribution in [-0.2, 0) is 11.3 Å². The summed E-state index contributed by atoms with van der Waals surface area (Å²) in [5, 5.41) is 27.2. The number of nitro benzene ring substituents is 1. The largest absolute Gasteiger partial charge is 0.496 e. The van der Waals surface area contributed by atoms with E-state index in [0.29, 0.717) is 0 Å². The molecule has 0 bridgehead atoms. The topological polar surface area (TPSA) is 155 Å². The van der Waals surface area contributed by atoms with Crippen LogP contribution in [0.15, 0.2) is 24.5 Å². The number of nitrogens with one attached hydrogen (secondary N) is 1. The van der Waals surface area contributed by atoms with Gasteiger partial charge in [0.05, 0.1) is 23.8 Å². The number of aromatic nitrogens is 3. The number of anilines is 1. The molecule has 1 heterocycles. The first-order valence-electron chi connectivity index (χ1n) is 6.06. The highest BCUT2D eigenvalue weighted by molar-refractivity contribution is 5.91. The van der Waals surface area contributed by atoms with Crippen LogP contribution in [0.1, 0.15) is 0 Å². The lowest BCUT2D eigenvalue weighted by Gasteiger charge is -2.06. The van der Waals surface area contributed by atoms with Crippen LogP contribution in [0.2, 0.25) is 0 Å². The summed E-state index contributed by atoms with van der Waals surface area (Å²) in [5.74, 6) is -1.02. The molecule has 0 fully saturated rings. The fraction of sp³-hybridized carbons (Fsp3) is 0.182. The van der Waals surface area contributed by atoms with Gasteiger partial charge in [0.25, 0.3) is 5.69 Å². The lowest BCUT2D eigenvalue weighted by atomic mass is 10.2. The molecular weight excluding hydrogens is 312 g/mol. The van der Waals surface area contributed by atoms with Crippen molar-refractivity contribution >= 4 is 23.2 Å². The smallest absolute Gasteiger partial charge is 0.490 e. The minimum absolute atomic E-state index is 0.149. The Morgan fingerprint density at radius 1 is 1.30 bits per heavy atom. The molecule has 23 heavy (non-hydrogen) atoms. The molecule has 1 N–H and O–H groups in total. The zero-order chi connectivity index (χ0) is 17.0. The Kier molecular flexibility index (Phi) is 4.44. The van der Waals surface area contributed by atoms with E-state index in [1.165, 1.54) is 19.2 Å². The van der Waals surface area contributed by atoms with Crippen molar-refractivity contribution < 1.29 is 19.4 Å². The van der Waals surface area contributed by atoms with Crippen LogP contribution in [0.5, 0.6) is 5.75 Å². The van der Waals surface area contributed by atoms with Crippen molar-refractivity contribution in [1.82, 2.24) is 14.8 Å². The van der Waals surface area contributed by atoms with E-state index in [1.807, 2.05) is 0 Å². The third-order valence-electron chi connectivity index (χ3n) is 2.61. The minimum Gasteiger partial charge on any atom is -0.496 e. The maximum atomic E-state index is 11.9. The van der Waals surface area contributed by atoms with Gasteiger partial charge in [0.15, 0.2) is 0 Å². The van der Waals surface area contributed by atoms with E-state index < -0.39 is 21.7 Å². The van der Waals surface area contributed by atoms with Crippen LogP contribution in [0.25, 0.3) is 0 Å². The molecule has 12 nitrogen and oxygen atoms in total. The van der Waals surface area contributed by atoms with E-state index in [1.54, 1.807) is 0 Å². The van der Waals surface area contributed by atoms with Gasteiger partial charge in [-0.25, -0.2) is 0 Å². The van der Waals surface area contributed by atoms with E-state index in [0.717, 1.165) is 17.1 Å². The molecule has 120 valence electrons. The molecule has 1 amide bonds. The van der Waals surface area contributed by atoms with E-state index in [9.17, 15) is 25.0 Å². The van der Waals surface area contributed by atoms with E-state index in [-0.39, 0.29) is 23.7 Å². The summed E-state index contributed by atoms with van der Waals surface area (Å²) in [6.45, 7) is -0.341. The first-order chi connectivity index (χ1) is 10.9. The summed E-state index contributed by atoms with van der Waals surface area (Å²) in [6, 6.07) is 3.76. The zero-order valence-electron chi connectivity index (χ0n) is 11.7. The van der Waals surface area contributed by atoms with Crippen LogP contribution in [-0.4, -0.2) is 37.6 Å². The highest BCUT2D eigenvalue weighted by Gasteiger charge is 2.16. The highest BCUT2D eigenvalue weighted by Crippen LogP contribution is 2.25. The van der Waals surface area contributed by atoms with Crippen molar-refractivity contribution in [3.05, 3.63) is 44.8 Å². The van der Waals surface area contributed by atoms with Gasteiger partial charge >= 0.3 is 5.95 Å². The van der Waals surface area contributed by atoms with Crippen LogP contribution in [0, 0.1) is 20.2 Å². The fourth-order valence-corrected chi connectivity index (χ4v) is 1.67. The third kappa shape index (κ3) is 3.96. The number of non-ortho nitro benzene ring substituents is 1. The molecule has 0 unspecified atom stereocenters. The Bertz CT molecular complexity index is 772. The number of hydrogen-bond donors (Lipinski definition) is 1.